The van der Waals surface area contributed by atoms with E-state index in [0.717, 1.165) is 5.56 Å². The summed E-state index contributed by atoms with van der Waals surface area (Å²) in [6.07, 6.45) is 1.42. The number of carbonyl (C=O) groups excluding carboxylic acids is 1. The van der Waals surface area contributed by atoms with E-state index in [4.69, 9.17) is 5.73 Å². The van der Waals surface area contributed by atoms with E-state index in [1.165, 1.54) is 6.26 Å². The largest absolute Gasteiger partial charge is 0.399 e. The molecule has 3 N–H and O–H groups in total. The quantitative estimate of drug-likeness (QED) is 0.835. The number of nitrogens with zero attached hydrogens (tertiary/aromatic N) is 1. The maximum atomic E-state index is 12.5. The first-order chi connectivity index (χ1) is 9.87. The Labute approximate surface area is 124 Å². The number of hydrogen-bond donors (Lipinski definition) is 2. The van der Waals surface area contributed by atoms with Crippen LogP contribution in [-0.2, 0) is 9.73 Å². The van der Waals surface area contributed by atoms with Crippen molar-refractivity contribution >= 4 is 27.1 Å². The summed E-state index contributed by atoms with van der Waals surface area (Å²) >= 11 is 0. The van der Waals surface area contributed by atoms with Crippen LogP contribution in [0.2, 0.25) is 0 Å². The van der Waals surface area contributed by atoms with Crippen LogP contribution in [0.1, 0.15) is 5.56 Å². The maximum Gasteiger partial charge on any atom is 0.353 e. The summed E-state index contributed by atoms with van der Waals surface area (Å²) in [5.74, 6) is 0. The van der Waals surface area contributed by atoms with Gasteiger partial charge in [0, 0.05) is 22.5 Å². The highest BCUT2D eigenvalue weighted by Crippen LogP contribution is 2.15. The molecule has 0 heterocycles. The number of benzene rings is 2. The molecular weight excluding hydrogens is 286 g/mol. The number of anilines is 2. The minimum atomic E-state index is -2.80. The van der Waals surface area contributed by atoms with Crippen molar-refractivity contribution in [2.75, 3.05) is 17.3 Å². The highest BCUT2D eigenvalue weighted by atomic mass is 32.2. The molecule has 0 fully saturated rings. The van der Waals surface area contributed by atoms with E-state index >= 15 is 0 Å². The third-order valence-electron chi connectivity index (χ3n) is 2.88. The summed E-state index contributed by atoms with van der Waals surface area (Å²) in [5, 5.41) is 2.60. The molecule has 5 nitrogen and oxygen atoms in total. The highest BCUT2D eigenvalue weighted by molar-refractivity contribution is 7.93. The van der Waals surface area contributed by atoms with E-state index < -0.39 is 15.8 Å². The van der Waals surface area contributed by atoms with Crippen molar-refractivity contribution < 1.29 is 9.00 Å². The van der Waals surface area contributed by atoms with Gasteiger partial charge in [-0.2, -0.15) is 0 Å². The fraction of sp³-hybridized carbons (Fsp3) is 0.133. The van der Waals surface area contributed by atoms with Crippen LogP contribution < -0.4 is 11.1 Å². The molecule has 21 heavy (non-hydrogen) atoms. The Morgan fingerprint density at radius 1 is 1.10 bits per heavy atom. The van der Waals surface area contributed by atoms with Crippen molar-refractivity contribution in [3.8, 4) is 0 Å². The second-order valence-electron chi connectivity index (χ2n) is 4.76. The standard InChI is InChI=1S/C15H17N3O2S/c1-11-3-7-13(8-4-11)17-15(19)18-21(2,20)14-9-5-12(16)6-10-14/h3-10H,16H2,1-2H3,(H,17,19). The minimum Gasteiger partial charge on any atom is -0.399 e. The molecule has 0 aliphatic rings. The fourth-order valence-corrected chi connectivity index (χ4v) is 2.82. The average Bonchev–Trinajstić information content (AvgIpc) is 2.41. The normalized spacial score (nSPS) is 13.2. The first-order valence-electron chi connectivity index (χ1n) is 6.32. The number of urea groups is 1. The molecular formula is C15H17N3O2S. The zero-order chi connectivity index (χ0) is 15.5. The van der Waals surface area contributed by atoms with Gasteiger partial charge in [-0.1, -0.05) is 17.7 Å². The van der Waals surface area contributed by atoms with Crippen LogP contribution >= 0.6 is 0 Å². The second kappa shape index (κ2) is 5.97. The summed E-state index contributed by atoms with van der Waals surface area (Å²) in [4.78, 5) is 12.3. The Morgan fingerprint density at radius 2 is 1.67 bits per heavy atom. The zero-order valence-corrected chi connectivity index (χ0v) is 12.7. The van der Waals surface area contributed by atoms with Gasteiger partial charge in [-0.3, -0.25) is 0 Å². The molecule has 0 aliphatic heterocycles. The van der Waals surface area contributed by atoms with Crippen LogP contribution in [0.5, 0.6) is 0 Å². The van der Waals surface area contributed by atoms with Gasteiger partial charge in [-0.15, -0.1) is 4.36 Å². The predicted octanol–water partition coefficient (Wildman–Crippen LogP) is 3.27. The SMILES string of the molecule is Cc1ccc(NC(=O)N=S(C)(=O)c2ccc(N)cc2)cc1. The first-order valence-corrected chi connectivity index (χ1v) is 8.24. The Balaban J connectivity index is 2.21. The topological polar surface area (TPSA) is 84.5 Å². The lowest BCUT2D eigenvalue weighted by Crippen LogP contribution is -2.10. The van der Waals surface area contributed by atoms with Gasteiger partial charge in [0.15, 0.2) is 0 Å². The molecule has 6 heteroatoms. The smallest absolute Gasteiger partial charge is 0.353 e. The van der Waals surface area contributed by atoms with E-state index in [1.54, 1.807) is 36.4 Å². The summed E-state index contributed by atoms with van der Waals surface area (Å²) in [7, 11) is -2.80. The number of nitrogens with one attached hydrogen (secondary N) is 1. The lowest BCUT2D eigenvalue weighted by atomic mass is 10.2. The lowest BCUT2D eigenvalue weighted by Gasteiger charge is -2.06. The molecule has 2 aromatic carbocycles. The monoisotopic (exact) mass is 303 g/mol. The molecule has 0 saturated carbocycles. The van der Waals surface area contributed by atoms with Gasteiger partial charge in [0.2, 0.25) is 0 Å². The Morgan fingerprint density at radius 3 is 2.24 bits per heavy atom. The number of rotatable bonds is 2. The second-order valence-corrected chi connectivity index (χ2v) is 7.02. The molecule has 2 aromatic rings. The summed E-state index contributed by atoms with van der Waals surface area (Å²) in [6.45, 7) is 1.95. The molecule has 0 aromatic heterocycles. The zero-order valence-electron chi connectivity index (χ0n) is 11.9. The maximum absolute atomic E-state index is 12.5. The van der Waals surface area contributed by atoms with Gasteiger partial charge in [0.05, 0.1) is 9.73 Å². The van der Waals surface area contributed by atoms with Crippen molar-refractivity contribution in [2.45, 2.75) is 11.8 Å². The molecule has 110 valence electrons. The number of carbonyl (C=O) groups is 1. The van der Waals surface area contributed by atoms with Gasteiger partial charge in [0.1, 0.15) is 0 Å². The van der Waals surface area contributed by atoms with E-state index in [9.17, 15) is 9.00 Å². The summed E-state index contributed by atoms with van der Waals surface area (Å²) in [6, 6.07) is 13.1. The van der Waals surface area contributed by atoms with Gasteiger partial charge in [-0.05, 0) is 43.3 Å². The molecule has 2 amide bonds. The van der Waals surface area contributed by atoms with Crippen LogP contribution in [0, 0.1) is 6.92 Å². The van der Waals surface area contributed by atoms with E-state index in [-0.39, 0.29) is 0 Å². The van der Waals surface area contributed by atoms with Crippen molar-refractivity contribution in [2.24, 2.45) is 4.36 Å². The molecule has 0 radical (unpaired) electrons. The fourth-order valence-electron chi connectivity index (χ4n) is 1.71. The summed E-state index contributed by atoms with van der Waals surface area (Å²) < 4.78 is 16.2. The highest BCUT2D eigenvalue weighted by Gasteiger charge is 2.09. The van der Waals surface area contributed by atoms with E-state index in [0.29, 0.717) is 16.3 Å². The van der Waals surface area contributed by atoms with Gasteiger partial charge in [-0.25, -0.2) is 9.00 Å². The van der Waals surface area contributed by atoms with Gasteiger partial charge >= 0.3 is 6.03 Å². The predicted molar refractivity (Wildman–Crippen MR) is 85.8 cm³/mol. The van der Waals surface area contributed by atoms with Crippen LogP contribution in [0.4, 0.5) is 16.2 Å². The lowest BCUT2D eigenvalue weighted by molar-refractivity contribution is 0.260. The molecule has 0 bridgehead atoms. The average molecular weight is 303 g/mol. The van der Waals surface area contributed by atoms with Crippen molar-refractivity contribution in [3.05, 3.63) is 54.1 Å². The van der Waals surface area contributed by atoms with E-state index in [2.05, 4.69) is 9.68 Å². The van der Waals surface area contributed by atoms with Crippen molar-refractivity contribution in [1.82, 2.24) is 0 Å². The Hall–Kier alpha value is -2.34. The van der Waals surface area contributed by atoms with Gasteiger partial charge in [0.25, 0.3) is 0 Å². The molecule has 1 unspecified atom stereocenters. The Kier molecular flexibility index (Phi) is 4.28. The number of aryl methyl sites for hydroxylation is 1. The van der Waals surface area contributed by atoms with Gasteiger partial charge < -0.3 is 11.1 Å². The molecule has 0 saturated heterocycles. The number of nitrogen functional groups attached to an aromatic ring is 1. The Bertz CT molecular complexity index is 759. The molecule has 0 aliphatic carbocycles. The number of hydrogen-bond acceptors (Lipinski definition) is 3. The summed E-state index contributed by atoms with van der Waals surface area (Å²) in [5.41, 5.74) is 7.85. The van der Waals surface area contributed by atoms with Crippen LogP contribution in [0.15, 0.2) is 57.8 Å². The number of amides is 2. The van der Waals surface area contributed by atoms with Crippen LogP contribution in [-0.4, -0.2) is 16.5 Å². The van der Waals surface area contributed by atoms with Crippen LogP contribution in [0.25, 0.3) is 0 Å². The van der Waals surface area contributed by atoms with E-state index in [1.807, 2.05) is 19.1 Å². The first kappa shape index (κ1) is 15.1. The third kappa shape index (κ3) is 4.06. The van der Waals surface area contributed by atoms with Crippen LogP contribution in [0.3, 0.4) is 0 Å². The molecule has 2 rings (SSSR count). The molecule has 0 spiro atoms. The third-order valence-corrected chi connectivity index (χ3v) is 4.54. The van der Waals surface area contributed by atoms with Crippen molar-refractivity contribution in [1.29, 1.82) is 0 Å². The minimum absolute atomic E-state index is 0.468. The molecule has 1 atom stereocenters. The van der Waals surface area contributed by atoms with Crippen molar-refractivity contribution in [3.63, 3.8) is 0 Å². The number of nitrogens with two attached hydrogens (primary N) is 1.